The molecule has 0 N–H and O–H groups in total. The Bertz CT molecular complexity index is 1160. The van der Waals surface area contributed by atoms with Crippen molar-refractivity contribution in [3.63, 3.8) is 0 Å². The molecule has 0 aliphatic heterocycles. The van der Waals surface area contributed by atoms with Crippen LogP contribution in [0.5, 0.6) is 0 Å². The average molecular weight is 1160 g/mol. The Hall–Kier alpha value is -2.93. The standard InChI is InChI=1S/6C8H16O4.C3H6O.2Al/c6*1-5(2)11-8(7(9)10)12-6(3)4;1-3(2)4;;/h6*5-6,8H,1-4H3,(H,9,10);1-2H3;;/q;;;;;;;2*+3/p-6. The summed E-state index contributed by atoms with van der Waals surface area (Å²) in [6.07, 6.45) is -9.82. The summed E-state index contributed by atoms with van der Waals surface area (Å²) in [4.78, 5) is 71.9. The molecule has 0 amide bonds. The molecule has 0 atom stereocenters. The Labute approximate surface area is 486 Å². The van der Waals surface area contributed by atoms with E-state index in [2.05, 4.69) is 0 Å². The monoisotopic (exact) mass is 1160 g/mol. The number of carboxylic acids is 6. The Morgan fingerprint density at radius 2 is 0.256 bits per heavy atom. The smallest absolute Gasteiger partial charge is 0.545 e. The maximum absolute atomic E-state index is 10.4. The van der Waals surface area contributed by atoms with E-state index < -0.39 is 73.6 Å². The maximum Gasteiger partial charge on any atom is 3.00 e. The van der Waals surface area contributed by atoms with E-state index in [1.165, 1.54) is 13.8 Å². The number of aliphatic carboxylic acids is 6. The normalized spacial score (nSPS) is 11.0. The number of carbonyl (C=O) groups excluding carboxylic acids is 7. The number of Topliss-reactive ketones (excluding diaryl/α,β-unsaturated/α-hetero) is 1. The van der Waals surface area contributed by atoms with Crippen LogP contribution in [0.1, 0.15) is 180 Å². The summed E-state index contributed by atoms with van der Waals surface area (Å²) in [6, 6.07) is 0. The van der Waals surface area contributed by atoms with E-state index in [0.717, 1.165) is 0 Å². The molecule has 0 saturated heterocycles. The van der Waals surface area contributed by atoms with Gasteiger partial charge >= 0.3 is 34.7 Å². The number of hydrogen-bond acceptors (Lipinski definition) is 25. The summed E-state index contributed by atoms with van der Waals surface area (Å²) in [7, 11) is 0. The fourth-order valence-corrected chi connectivity index (χ4v) is 3.83. The Morgan fingerprint density at radius 3 is 0.282 bits per heavy atom. The first-order chi connectivity index (χ1) is 34.3. The van der Waals surface area contributed by atoms with E-state index in [-0.39, 0.29) is 114 Å². The van der Waals surface area contributed by atoms with Crippen LogP contribution < -0.4 is 30.6 Å². The zero-order valence-electron chi connectivity index (χ0n) is 51.3. The predicted octanol–water partition coefficient (Wildman–Crippen LogP) is -0.692. The molecule has 25 nitrogen and oxygen atoms in total. The molecular weight excluding hydrogens is 1070 g/mol. The molecular formula is C51H96Al2O25. The van der Waals surface area contributed by atoms with Crippen LogP contribution in [-0.4, -0.2) is 187 Å². The molecule has 0 fully saturated rings. The van der Waals surface area contributed by atoms with E-state index >= 15 is 0 Å². The third-order valence-electron chi connectivity index (χ3n) is 5.90. The van der Waals surface area contributed by atoms with Crippen molar-refractivity contribution in [3.8, 4) is 0 Å². The molecule has 0 aliphatic carbocycles. The summed E-state index contributed by atoms with van der Waals surface area (Å²) in [5, 5.41) is 62.5. The van der Waals surface area contributed by atoms with Crippen LogP contribution in [0.3, 0.4) is 0 Å². The first-order valence-corrected chi connectivity index (χ1v) is 24.9. The molecule has 0 unspecified atom stereocenters. The molecule has 456 valence electrons. The molecule has 0 rings (SSSR count). The van der Waals surface area contributed by atoms with Gasteiger partial charge in [-0.3, -0.25) is 0 Å². The second kappa shape index (κ2) is 56.0. The molecule has 0 aromatic carbocycles. The van der Waals surface area contributed by atoms with Gasteiger partial charge in [0, 0.05) is 0 Å². The van der Waals surface area contributed by atoms with E-state index in [1.807, 2.05) is 0 Å². The minimum Gasteiger partial charge on any atom is -0.545 e. The van der Waals surface area contributed by atoms with Crippen LogP contribution >= 0.6 is 0 Å². The van der Waals surface area contributed by atoms with Crippen LogP contribution in [-0.2, 0) is 90.4 Å². The van der Waals surface area contributed by atoms with Crippen molar-refractivity contribution in [2.45, 2.75) is 291 Å². The predicted molar refractivity (Wildman–Crippen MR) is 275 cm³/mol. The van der Waals surface area contributed by atoms with E-state index in [0.29, 0.717) is 0 Å². The van der Waals surface area contributed by atoms with Crippen LogP contribution in [0.25, 0.3) is 0 Å². The number of ketones is 1. The third kappa shape index (κ3) is 79.6. The minimum atomic E-state index is -1.34. The Balaban J connectivity index is -0.000000103. The number of carboxylic acid groups (broad SMARTS) is 6. The molecule has 0 aliphatic rings. The molecule has 0 bridgehead atoms. The van der Waals surface area contributed by atoms with Crippen molar-refractivity contribution in [2.75, 3.05) is 0 Å². The summed E-state index contributed by atoms with van der Waals surface area (Å²) >= 11 is 0. The average Bonchev–Trinajstić information content (AvgIpc) is 3.18. The fourth-order valence-electron chi connectivity index (χ4n) is 3.83. The van der Waals surface area contributed by atoms with Crippen molar-refractivity contribution < 1.29 is 121 Å². The topological polar surface area (TPSA) is 369 Å². The number of ether oxygens (including phenoxy) is 12. The van der Waals surface area contributed by atoms with Crippen LogP contribution in [0.2, 0.25) is 0 Å². The van der Waals surface area contributed by atoms with Gasteiger partial charge in [-0.2, -0.15) is 0 Å². The van der Waals surface area contributed by atoms with Gasteiger partial charge in [-0.1, -0.05) is 0 Å². The van der Waals surface area contributed by atoms with E-state index in [1.54, 1.807) is 166 Å². The minimum absolute atomic E-state index is 0. The van der Waals surface area contributed by atoms with E-state index in [4.69, 9.17) is 56.8 Å². The van der Waals surface area contributed by atoms with Gasteiger partial charge in [0.1, 0.15) is 5.78 Å². The zero-order valence-corrected chi connectivity index (χ0v) is 53.6. The zero-order chi connectivity index (χ0) is 61.9. The maximum atomic E-state index is 10.4. The molecule has 27 heteroatoms. The van der Waals surface area contributed by atoms with E-state index in [9.17, 15) is 64.2 Å². The van der Waals surface area contributed by atoms with Gasteiger partial charge in [-0.05, 0) is 180 Å². The van der Waals surface area contributed by atoms with Gasteiger partial charge in [-0.15, -0.1) is 0 Å². The molecule has 0 saturated carbocycles. The molecule has 78 heavy (non-hydrogen) atoms. The SMILES string of the molecule is CC(C)=O.CC(C)OC(OC(C)C)C(=O)[O-].CC(C)OC(OC(C)C)C(=O)[O-].CC(C)OC(OC(C)C)C(=O)[O-].CC(C)OC(OC(C)C)C(=O)[O-].CC(C)OC(OC(C)C)C(=O)[O-].CC(C)OC(OC(C)C)C(=O)[O-].[Al+3].[Al+3]. The van der Waals surface area contributed by atoms with Crippen molar-refractivity contribution in [1.29, 1.82) is 0 Å². The van der Waals surface area contributed by atoms with Gasteiger partial charge in [-0.25, -0.2) is 0 Å². The first-order valence-electron chi connectivity index (χ1n) is 24.9. The van der Waals surface area contributed by atoms with Crippen molar-refractivity contribution in [3.05, 3.63) is 0 Å². The first kappa shape index (κ1) is 94.4. The van der Waals surface area contributed by atoms with Crippen LogP contribution in [0.15, 0.2) is 0 Å². The largest absolute Gasteiger partial charge is 3.00 e. The summed E-state index contributed by atoms with van der Waals surface area (Å²) in [5.41, 5.74) is 0. The third-order valence-corrected chi connectivity index (χ3v) is 5.90. The molecule has 0 heterocycles. The number of carbonyl (C=O) groups is 7. The van der Waals surface area contributed by atoms with Gasteiger partial charge in [0.25, 0.3) is 0 Å². The summed E-state index contributed by atoms with van der Waals surface area (Å²) < 4.78 is 59.3. The molecule has 0 spiro atoms. The van der Waals surface area contributed by atoms with Crippen molar-refractivity contribution in [2.24, 2.45) is 0 Å². The van der Waals surface area contributed by atoms with Crippen molar-refractivity contribution >= 4 is 76.3 Å². The Kier molecular flexibility index (Phi) is 67.7. The Morgan fingerprint density at radius 1 is 0.205 bits per heavy atom. The van der Waals surface area contributed by atoms with Crippen molar-refractivity contribution in [1.82, 2.24) is 0 Å². The number of rotatable bonds is 30. The summed E-state index contributed by atoms with van der Waals surface area (Å²) in [6.45, 7) is 44.7. The fraction of sp³-hybridized carbons (Fsp3) is 0.863. The number of hydrogen-bond donors (Lipinski definition) is 0. The van der Waals surface area contributed by atoms with Gasteiger partial charge in [0.2, 0.25) is 0 Å². The quantitative estimate of drug-likeness (QED) is 0.0634. The summed E-state index contributed by atoms with van der Waals surface area (Å²) in [5.74, 6) is -7.85. The molecule has 0 aromatic heterocycles. The second-order valence-corrected chi connectivity index (χ2v) is 19.0. The van der Waals surface area contributed by atoms with Gasteiger partial charge in [0.05, 0.1) is 109 Å². The van der Waals surface area contributed by atoms with Gasteiger partial charge in [0.15, 0.2) is 37.7 Å². The van der Waals surface area contributed by atoms with Gasteiger partial charge < -0.3 is 121 Å². The molecule has 0 radical (unpaired) electrons. The molecule has 0 aromatic rings. The second-order valence-electron chi connectivity index (χ2n) is 19.0. The van der Waals surface area contributed by atoms with Crippen LogP contribution in [0.4, 0.5) is 0 Å². The van der Waals surface area contributed by atoms with Crippen LogP contribution in [0, 0.1) is 0 Å².